The molecule has 7 heteroatoms. The molecule has 0 bridgehead atoms. The second-order valence-electron chi connectivity index (χ2n) is 5.59. The van der Waals surface area contributed by atoms with Crippen LogP contribution in [-0.4, -0.2) is 36.8 Å². The normalized spacial score (nSPS) is 11.5. The van der Waals surface area contributed by atoms with Gasteiger partial charge in [0.2, 0.25) is 10.0 Å². The van der Waals surface area contributed by atoms with Crippen LogP contribution in [0.1, 0.15) is 29.8 Å². The number of phenols is 1. The number of carbonyl (C=O) groups is 1. The number of hydrogen-bond donors (Lipinski definition) is 2. The van der Waals surface area contributed by atoms with Crippen LogP contribution >= 0.6 is 0 Å². The van der Waals surface area contributed by atoms with Gasteiger partial charge in [-0.15, -0.1) is 0 Å². The summed E-state index contributed by atoms with van der Waals surface area (Å²) in [5.74, 6) is -0.444. The fraction of sp³-hybridized carbons (Fsp3) is 0.278. The van der Waals surface area contributed by atoms with E-state index >= 15 is 0 Å². The first-order valence-corrected chi connectivity index (χ1v) is 9.44. The van der Waals surface area contributed by atoms with Crippen LogP contribution < -0.4 is 5.32 Å². The molecule has 0 aliphatic heterocycles. The molecule has 6 nitrogen and oxygen atoms in total. The molecule has 2 aromatic carbocycles. The highest BCUT2D eigenvalue weighted by atomic mass is 32.2. The van der Waals surface area contributed by atoms with Crippen molar-refractivity contribution in [2.45, 2.75) is 25.7 Å². The van der Waals surface area contributed by atoms with Gasteiger partial charge in [-0.1, -0.05) is 19.9 Å². The molecule has 0 fully saturated rings. The standard InChI is InChI=1S/C18H22N2O4S/c1-4-20(5-2)25(23,24)15-9-7-14(8-10-15)18(22)19-16-11-6-13(3)12-17(16)21/h6-12,21H,4-5H2,1-3H3,(H,19,22). The fourth-order valence-electron chi connectivity index (χ4n) is 2.43. The van der Waals surface area contributed by atoms with E-state index in [2.05, 4.69) is 5.32 Å². The number of carbonyl (C=O) groups excluding carboxylic acids is 1. The molecule has 0 unspecified atom stereocenters. The highest BCUT2D eigenvalue weighted by Crippen LogP contribution is 2.24. The predicted molar refractivity (Wildman–Crippen MR) is 97.3 cm³/mol. The van der Waals surface area contributed by atoms with Crippen LogP contribution in [-0.2, 0) is 10.0 Å². The Hall–Kier alpha value is -2.38. The quantitative estimate of drug-likeness (QED) is 0.774. The molecule has 134 valence electrons. The molecule has 1 amide bonds. The Kier molecular flexibility index (Phi) is 5.81. The van der Waals surface area contributed by atoms with E-state index < -0.39 is 15.9 Å². The van der Waals surface area contributed by atoms with Crippen molar-refractivity contribution >= 4 is 21.6 Å². The lowest BCUT2D eigenvalue weighted by Gasteiger charge is -2.18. The SMILES string of the molecule is CCN(CC)S(=O)(=O)c1ccc(C(=O)Nc2ccc(C)cc2O)cc1. The van der Waals surface area contributed by atoms with Crippen molar-refractivity contribution in [2.24, 2.45) is 0 Å². The van der Waals surface area contributed by atoms with E-state index in [1.54, 1.807) is 32.0 Å². The van der Waals surface area contributed by atoms with Crippen LogP contribution in [0.15, 0.2) is 47.4 Å². The lowest BCUT2D eigenvalue weighted by molar-refractivity contribution is 0.102. The second-order valence-corrected chi connectivity index (χ2v) is 7.53. The molecule has 0 radical (unpaired) electrons. The zero-order valence-corrected chi connectivity index (χ0v) is 15.3. The van der Waals surface area contributed by atoms with Gasteiger partial charge in [0.15, 0.2) is 0 Å². The number of hydrogen-bond acceptors (Lipinski definition) is 4. The summed E-state index contributed by atoms with van der Waals surface area (Å²) in [5, 5.41) is 12.5. The van der Waals surface area contributed by atoms with E-state index in [-0.39, 0.29) is 10.6 Å². The summed E-state index contributed by atoms with van der Waals surface area (Å²) in [6.45, 7) is 6.15. The first-order chi connectivity index (χ1) is 11.8. The third-order valence-corrected chi connectivity index (χ3v) is 5.93. The van der Waals surface area contributed by atoms with Crippen LogP contribution in [0.4, 0.5) is 5.69 Å². The first kappa shape index (κ1) is 19.0. The fourth-order valence-corrected chi connectivity index (χ4v) is 3.89. The molecule has 2 rings (SSSR count). The molecule has 0 atom stereocenters. The van der Waals surface area contributed by atoms with Crippen LogP contribution in [0.5, 0.6) is 5.75 Å². The van der Waals surface area contributed by atoms with Crippen molar-refractivity contribution in [1.82, 2.24) is 4.31 Å². The maximum atomic E-state index is 12.4. The second kappa shape index (κ2) is 7.67. The smallest absolute Gasteiger partial charge is 0.255 e. The molecule has 0 aliphatic carbocycles. The van der Waals surface area contributed by atoms with Crippen LogP contribution in [0.2, 0.25) is 0 Å². The maximum absolute atomic E-state index is 12.4. The summed E-state index contributed by atoms with van der Waals surface area (Å²) in [5.41, 5.74) is 1.48. The van der Waals surface area contributed by atoms with Crippen molar-refractivity contribution in [1.29, 1.82) is 0 Å². The van der Waals surface area contributed by atoms with Crippen LogP contribution in [0, 0.1) is 6.92 Å². The minimum absolute atomic E-state index is 0.0194. The lowest BCUT2D eigenvalue weighted by atomic mass is 10.2. The Morgan fingerprint density at radius 2 is 1.68 bits per heavy atom. The Balaban J connectivity index is 2.20. The molecule has 0 spiro atoms. The highest BCUT2D eigenvalue weighted by Gasteiger charge is 2.21. The minimum Gasteiger partial charge on any atom is -0.506 e. The van der Waals surface area contributed by atoms with E-state index in [1.807, 2.05) is 6.92 Å². The number of nitrogens with one attached hydrogen (secondary N) is 1. The zero-order chi connectivity index (χ0) is 18.6. The van der Waals surface area contributed by atoms with E-state index in [0.717, 1.165) is 5.56 Å². The molecule has 2 aromatic rings. The number of rotatable bonds is 6. The molecule has 2 N–H and O–H groups in total. The molecule has 0 heterocycles. The summed E-state index contributed by atoms with van der Waals surface area (Å²) < 4.78 is 26.2. The number of aryl methyl sites for hydroxylation is 1. The molecule has 0 aliphatic rings. The van der Waals surface area contributed by atoms with Gasteiger partial charge in [-0.05, 0) is 48.9 Å². The molecule has 0 aromatic heterocycles. The number of phenolic OH excluding ortho intramolecular Hbond substituents is 1. The van der Waals surface area contributed by atoms with E-state index in [1.165, 1.54) is 28.6 Å². The number of amides is 1. The van der Waals surface area contributed by atoms with Gasteiger partial charge in [-0.25, -0.2) is 8.42 Å². The Morgan fingerprint density at radius 3 is 2.20 bits per heavy atom. The van der Waals surface area contributed by atoms with Crippen molar-refractivity contribution in [3.05, 3.63) is 53.6 Å². The van der Waals surface area contributed by atoms with Crippen LogP contribution in [0.3, 0.4) is 0 Å². The monoisotopic (exact) mass is 362 g/mol. The van der Waals surface area contributed by atoms with Crippen molar-refractivity contribution < 1.29 is 18.3 Å². The largest absolute Gasteiger partial charge is 0.506 e. The molecule has 0 saturated heterocycles. The number of benzene rings is 2. The third kappa shape index (κ3) is 4.18. The average Bonchev–Trinajstić information content (AvgIpc) is 2.58. The predicted octanol–water partition coefficient (Wildman–Crippen LogP) is 2.98. The van der Waals surface area contributed by atoms with Gasteiger partial charge >= 0.3 is 0 Å². The van der Waals surface area contributed by atoms with Crippen molar-refractivity contribution in [2.75, 3.05) is 18.4 Å². The van der Waals surface area contributed by atoms with Gasteiger partial charge in [-0.2, -0.15) is 4.31 Å². The highest BCUT2D eigenvalue weighted by molar-refractivity contribution is 7.89. The van der Waals surface area contributed by atoms with Gasteiger partial charge in [0.25, 0.3) is 5.91 Å². The lowest BCUT2D eigenvalue weighted by Crippen LogP contribution is -2.30. The molecule has 25 heavy (non-hydrogen) atoms. The number of nitrogens with zero attached hydrogens (tertiary/aromatic N) is 1. The summed E-state index contributed by atoms with van der Waals surface area (Å²) in [6, 6.07) is 10.7. The van der Waals surface area contributed by atoms with E-state index in [0.29, 0.717) is 24.3 Å². The minimum atomic E-state index is -3.55. The van der Waals surface area contributed by atoms with Crippen molar-refractivity contribution in [3.8, 4) is 5.75 Å². The number of aromatic hydroxyl groups is 1. The van der Waals surface area contributed by atoms with Gasteiger partial charge in [0.05, 0.1) is 10.6 Å². The average molecular weight is 362 g/mol. The summed E-state index contributed by atoms with van der Waals surface area (Å²) in [6.07, 6.45) is 0. The Bertz CT molecular complexity index is 857. The molecule has 0 saturated carbocycles. The Labute approximate surface area is 148 Å². The zero-order valence-electron chi connectivity index (χ0n) is 14.5. The maximum Gasteiger partial charge on any atom is 0.255 e. The topological polar surface area (TPSA) is 86.7 Å². The van der Waals surface area contributed by atoms with E-state index in [9.17, 15) is 18.3 Å². The summed E-state index contributed by atoms with van der Waals surface area (Å²) in [4.78, 5) is 12.4. The van der Waals surface area contributed by atoms with Gasteiger partial charge < -0.3 is 10.4 Å². The number of sulfonamides is 1. The molecular weight excluding hydrogens is 340 g/mol. The number of anilines is 1. The molecular formula is C18H22N2O4S. The summed E-state index contributed by atoms with van der Waals surface area (Å²) >= 11 is 0. The van der Waals surface area contributed by atoms with Gasteiger partial charge in [0, 0.05) is 18.7 Å². The Morgan fingerprint density at radius 1 is 1.08 bits per heavy atom. The van der Waals surface area contributed by atoms with Gasteiger partial charge in [0.1, 0.15) is 5.75 Å². The summed E-state index contributed by atoms with van der Waals surface area (Å²) in [7, 11) is -3.55. The third-order valence-electron chi connectivity index (χ3n) is 3.86. The first-order valence-electron chi connectivity index (χ1n) is 8.00. The van der Waals surface area contributed by atoms with E-state index in [4.69, 9.17) is 0 Å². The van der Waals surface area contributed by atoms with Crippen LogP contribution in [0.25, 0.3) is 0 Å². The van der Waals surface area contributed by atoms with Gasteiger partial charge in [-0.3, -0.25) is 4.79 Å². The van der Waals surface area contributed by atoms with Crippen molar-refractivity contribution in [3.63, 3.8) is 0 Å².